The van der Waals surface area contributed by atoms with E-state index in [1.807, 2.05) is 60.7 Å². The summed E-state index contributed by atoms with van der Waals surface area (Å²) in [6.07, 6.45) is 7.34. The van der Waals surface area contributed by atoms with Crippen LogP contribution in [0.3, 0.4) is 0 Å². The molecule has 4 amide bonds. The van der Waals surface area contributed by atoms with E-state index in [0.717, 1.165) is 36.8 Å². The van der Waals surface area contributed by atoms with E-state index in [2.05, 4.69) is 53.1 Å². The molecule has 277 valence electrons. The molecule has 0 heterocycles. The summed E-state index contributed by atoms with van der Waals surface area (Å²) >= 11 is 6.91. The molecule has 2 fully saturated rings. The van der Waals surface area contributed by atoms with Gasteiger partial charge in [0.15, 0.2) is 0 Å². The zero-order valence-corrected chi connectivity index (χ0v) is 32.6. The van der Waals surface area contributed by atoms with Gasteiger partial charge in [0.05, 0.1) is 0 Å². The smallest absolute Gasteiger partial charge is 0.393 e. The van der Waals surface area contributed by atoms with E-state index in [9.17, 15) is 19.2 Å². The summed E-state index contributed by atoms with van der Waals surface area (Å²) in [5.74, 6) is -1.21. The Kier molecular flexibility index (Phi) is 17.5. The van der Waals surface area contributed by atoms with E-state index in [0.29, 0.717) is 88.0 Å². The van der Waals surface area contributed by atoms with Crippen molar-refractivity contribution in [3.05, 3.63) is 71.8 Å². The molecule has 0 saturated heterocycles. The van der Waals surface area contributed by atoms with Crippen molar-refractivity contribution in [1.29, 1.82) is 0 Å². The van der Waals surface area contributed by atoms with E-state index in [1.165, 1.54) is 7.69 Å². The van der Waals surface area contributed by atoms with Gasteiger partial charge in [0.2, 0.25) is 23.6 Å². The predicted molar refractivity (Wildman–Crippen MR) is 206 cm³/mol. The second-order valence-electron chi connectivity index (χ2n) is 13.5. The molecule has 0 bridgehead atoms. The van der Waals surface area contributed by atoms with Gasteiger partial charge in [-0.2, -0.15) is 0 Å². The van der Waals surface area contributed by atoms with Crippen LogP contribution in [0.2, 0.25) is 0 Å². The second kappa shape index (κ2) is 21.7. The number of hydrogen-bond donors (Lipinski definition) is 4. The summed E-state index contributed by atoms with van der Waals surface area (Å²) in [6, 6.07) is 19.8. The Bertz CT molecular complexity index is 1270. The third kappa shape index (κ3) is 12.2. The highest BCUT2D eigenvalue weighted by molar-refractivity contribution is 9.09. The van der Waals surface area contributed by atoms with Crippen LogP contribution < -0.4 is 21.3 Å². The quantitative estimate of drug-likeness (QED) is 0.0527. The van der Waals surface area contributed by atoms with Crippen molar-refractivity contribution in [2.45, 2.75) is 102 Å². The Morgan fingerprint density at radius 1 is 0.608 bits per heavy atom. The SMILES string of the molecule is O=C(NCCc1ccccc1)C1(C(=O)NC(CCCBr)O[B]OC(CCCBr)NC(=O)C2(C(=O)NCCc3ccccc3)CCCC2)CCCC1. The van der Waals surface area contributed by atoms with Gasteiger partial charge in [-0.1, -0.05) is 118 Å². The third-order valence-corrected chi connectivity index (χ3v) is 11.1. The first kappa shape index (κ1) is 41.0. The largest absolute Gasteiger partial charge is 0.491 e. The molecule has 2 aliphatic carbocycles. The standard InChI is InChI=1S/C38H52BBr2N4O6/c40-25-11-17-31(44-35(48)37(21-7-8-22-37)33(46)42-27-19-29-13-3-1-4-14-29)50-39-51-32(18-12-26-41)45-36(49)38(23-9-10-24-38)34(47)43-28-20-30-15-5-2-6-16-30/h1-6,13-16,31-32H,7-12,17-28H2,(H,42,46)(H,43,47)(H,44,48)(H,45,49). The van der Waals surface area contributed by atoms with Crippen molar-refractivity contribution in [3.63, 3.8) is 0 Å². The highest BCUT2D eigenvalue weighted by atomic mass is 79.9. The first-order valence-electron chi connectivity index (χ1n) is 18.3. The van der Waals surface area contributed by atoms with E-state index in [-0.39, 0.29) is 23.6 Å². The van der Waals surface area contributed by atoms with Crippen LogP contribution in [0.25, 0.3) is 0 Å². The molecular formula is C38H52BBr2N4O6. The number of amides is 4. The summed E-state index contributed by atoms with van der Waals surface area (Å²) < 4.78 is 11.9. The van der Waals surface area contributed by atoms with Gasteiger partial charge in [0, 0.05) is 23.7 Å². The summed E-state index contributed by atoms with van der Waals surface area (Å²) in [5.41, 5.74) is -0.0747. The van der Waals surface area contributed by atoms with E-state index < -0.39 is 23.3 Å². The van der Waals surface area contributed by atoms with Crippen LogP contribution in [0.15, 0.2) is 60.7 Å². The Labute approximate surface area is 320 Å². The van der Waals surface area contributed by atoms with Gasteiger partial charge in [-0.15, -0.1) is 0 Å². The minimum absolute atomic E-state index is 0.254. The number of hydrogen-bond acceptors (Lipinski definition) is 6. The Balaban J connectivity index is 1.32. The predicted octanol–water partition coefficient (Wildman–Crippen LogP) is 5.63. The lowest BCUT2D eigenvalue weighted by Gasteiger charge is -2.31. The fourth-order valence-electron chi connectivity index (χ4n) is 6.95. The molecule has 2 atom stereocenters. The lowest BCUT2D eigenvalue weighted by molar-refractivity contribution is -0.146. The minimum atomic E-state index is -1.16. The summed E-state index contributed by atoms with van der Waals surface area (Å²) in [7, 11) is 1.17. The molecule has 0 aliphatic heterocycles. The molecule has 10 nitrogen and oxygen atoms in total. The number of carbonyl (C=O) groups is 4. The topological polar surface area (TPSA) is 135 Å². The molecule has 4 rings (SSSR count). The summed E-state index contributed by atoms with van der Waals surface area (Å²) in [6.45, 7) is 0.891. The van der Waals surface area contributed by atoms with Crippen LogP contribution in [0.5, 0.6) is 0 Å². The van der Waals surface area contributed by atoms with Gasteiger partial charge in [-0.3, -0.25) is 19.2 Å². The Morgan fingerprint density at radius 2 is 0.980 bits per heavy atom. The number of nitrogens with one attached hydrogen (secondary N) is 4. The second-order valence-corrected chi connectivity index (χ2v) is 15.1. The lowest BCUT2D eigenvalue weighted by Crippen LogP contribution is -2.54. The fraction of sp³-hybridized carbons (Fsp3) is 0.579. The van der Waals surface area contributed by atoms with Gasteiger partial charge in [-0.05, 0) is 75.3 Å². The van der Waals surface area contributed by atoms with Crippen molar-refractivity contribution in [3.8, 4) is 0 Å². The Morgan fingerprint density at radius 3 is 1.33 bits per heavy atom. The van der Waals surface area contributed by atoms with E-state index in [4.69, 9.17) is 9.31 Å². The monoisotopic (exact) mass is 829 g/mol. The molecule has 0 spiro atoms. The maximum absolute atomic E-state index is 13.8. The summed E-state index contributed by atoms with van der Waals surface area (Å²) in [5, 5.41) is 13.4. The van der Waals surface area contributed by atoms with Crippen molar-refractivity contribution < 1.29 is 28.5 Å². The molecule has 2 aromatic rings. The van der Waals surface area contributed by atoms with Crippen LogP contribution in [0, 0.1) is 10.8 Å². The fourth-order valence-corrected chi connectivity index (χ4v) is 7.60. The van der Waals surface area contributed by atoms with E-state index >= 15 is 0 Å². The maximum atomic E-state index is 13.8. The lowest BCUT2D eigenvalue weighted by atomic mass is 9.83. The zero-order valence-electron chi connectivity index (χ0n) is 29.4. The molecular weight excluding hydrogens is 779 g/mol. The number of benzene rings is 2. The highest BCUT2D eigenvalue weighted by Gasteiger charge is 2.49. The number of rotatable bonds is 22. The molecule has 2 unspecified atom stereocenters. The normalized spacial score (nSPS) is 17.2. The molecule has 2 aliphatic rings. The molecule has 1 radical (unpaired) electrons. The average Bonchev–Trinajstić information content (AvgIpc) is 3.86. The molecule has 13 heteroatoms. The van der Waals surface area contributed by atoms with Crippen LogP contribution in [-0.4, -0.2) is 67.5 Å². The van der Waals surface area contributed by atoms with Crippen LogP contribution in [0.1, 0.15) is 88.2 Å². The third-order valence-electron chi connectivity index (χ3n) is 9.96. The van der Waals surface area contributed by atoms with Crippen molar-refractivity contribution in [2.75, 3.05) is 23.7 Å². The van der Waals surface area contributed by atoms with E-state index in [1.54, 1.807) is 0 Å². The number of carbonyl (C=O) groups excluding carboxylic acids is 4. The maximum Gasteiger partial charge on any atom is 0.491 e. The molecule has 0 aromatic heterocycles. The average molecular weight is 831 g/mol. The van der Waals surface area contributed by atoms with Crippen molar-refractivity contribution >= 4 is 63.2 Å². The van der Waals surface area contributed by atoms with Gasteiger partial charge in [0.1, 0.15) is 23.3 Å². The summed E-state index contributed by atoms with van der Waals surface area (Å²) in [4.78, 5) is 54.5. The first-order chi connectivity index (χ1) is 24.8. The first-order valence-corrected chi connectivity index (χ1v) is 20.6. The molecule has 2 aromatic carbocycles. The van der Waals surface area contributed by atoms with Crippen molar-refractivity contribution in [2.24, 2.45) is 10.8 Å². The van der Waals surface area contributed by atoms with Crippen LogP contribution in [-0.2, 0) is 41.3 Å². The van der Waals surface area contributed by atoms with Gasteiger partial charge in [0.25, 0.3) is 0 Å². The zero-order chi connectivity index (χ0) is 36.4. The van der Waals surface area contributed by atoms with Crippen molar-refractivity contribution in [1.82, 2.24) is 21.3 Å². The molecule has 4 N–H and O–H groups in total. The van der Waals surface area contributed by atoms with Gasteiger partial charge >= 0.3 is 7.69 Å². The highest BCUT2D eigenvalue weighted by Crippen LogP contribution is 2.40. The van der Waals surface area contributed by atoms with Gasteiger partial charge < -0.3 is 30.6 Å². The van der Waals surface area contributed by atoms with Crippen LogP contribution in [0.4, 0.5) is 0 Å². The number of halogens is 2. The molecule has 51 heavy (non-hydrogen) atoms. The van der Waals surface area contributed by atoms with Crippen LogP contribution >= 0.6 is 31.9 Å². The number of alkyl halides is 2. The minimum Gasteiger partial charge on any atom is -0.393 e. The molecule has 2 saturated carbocycles. The Hall–Kier alpha value is -2.74. The van der Waals surface area contributed by atoms with Gasteiger partial charge in [-0.25, -0.2) is 0 Å².